The molecular weight excluding hydrogens is 348 g/mol. The second kappa shape index (κ2) is 8.04. The monoisotopic (exact) mass is 367 g/mol. The Labute approximate surface area is 147 Å². The summed E-state index contributed by atoms with van der Waals surface area (Å²) in [6, 6.07) is 1.44. The molecule has 0 amide bonds. The zero-order valence-corrected chi connectivity index (χ0v) is 14.3. The van der Waals surface area contributed by atoms with Gasteiger partial charge in [0.25, 0.3) is 0 Å². The molecule has 140 valence electrons. The summed E-state index contributed by atoms with van der Waals surface area (Å²) < 4.78 is 35.5. The highest BCUT2D eigenvalue weighted by molar-refractivity contribution is 5.72. The average Bonchev–Trinajstić information content (AvgIpc) is 3.21. The molecule has 0 saturated carbocycles. The zero-order chi connectivity index (χ0) is 18.5. The number of hydrogen-bond donors (Lipinski definition) is 2. The number of nitrogens with zero attached hydrogens (tertiary/aromatic N) is 5. The number of methoxy groups -OCH3 is 1. The third-order valence-electron chi connectivity index (χ3n) is 3.72. The smallest absolute Gasteiger partial charge is 0.388 e. The molecular formula is C15H19F2N7O2. The lowest BCUT2D eigenvalue weighted by Gasteiger charge is -2.12. The van der Waals surface area contributed by atoms with Crippen LogP contribution in [0.3, 0.4) is 0 Å². The van der Waals surface area contributed by atoms with Crippen LogP contribution in [0, 0.1) is 0 Å². The molecule has 9 nitrogen and oxygen atoms in total. The molecule has 0 aliphatic carbocycles. The van der Waals surface area contributed by atoms with E-state index in [1.54, 1.807) is 13.3 Å². The highest BCUT2D eigenvalue weighted by atomic mass is 19.3. The van der Waals surface area contributed by atoms with Gasteiger partial charge in [-0.2, -0.15) is 13.9 Å². The predicted molar refractivity (Wildman–Crippen MR) is 89.6 cm³/mol. The number of alkyl halides is 2. The SMILES string of the molecule is COCCCC(C)n1ncc2ncc(Nc3cc(OC(F)F)n[nH]3)nc21. The fourth-order valence-corrected chi connectivity index (χ4v) is 2.51. The molecule has 0 aliphatic rings. The first-order valence-electron chi connectivity index (χ1n) is 8.03. The second-order valence-corrected chi connectivity index (χ2v) is 5.66. The molecule has 3 heterocycles. The minimum atomic E-state index is -2.93. The maximum Gasteiger partial charge on any atom is 0.388 e. The highest BCUT2D eigenvalue weighted by Crippen LogP contribution is 2.22. The molecule has 1 unspecified atom stereocenters. The number of nitrogens with one attached hydrogen (secondary N) is 2. The van der Waals surface area contributed by atoms with Gasteiger partial charge in [0.05, 0.1) is 18.4 Å². The first-order valence-corrected chi connectivity index (χ1v) is 8.03. The number of aromatic nitrogens is 6. The predicted octanol–water partition coefficient (Wildman–Crippen LogP) is 2.88. The Kier molecular flexibility index (Phi) is 5.56. The van der Waals surface area contributed by atoms with Crippen LogP contribution in [-0.4, -0.2) is 50.3 Å². The van der Waals surface area contributed by atoms with Crippen molar-refractivity contribution in [1.82, 2.24) is 29.9 Å². The molecule has 0 fully saturated rings. The number of fused-ring (bicyclic) bond motifs is 1. The van der Waals surface area contributed by atoms with E-state index in [-0.39, 0.29) is 11.9 Å². The quantitative estimate of drug-likeness (QED) is 0.561. The lowest BCUT2D eigenvalue weighted by Crippen LogP contribution is -2.09. The fourth-order valence-electron chi connectivity index (χ4n) is 2.51. The largest absolute Gasteiger partial charge is 0.415 e. The Morgan fingerprint density at radius 3 is 2.96 bits per heavy atom. The van der Waals surface area contributed by atoms with Gasteiger partial charge in [0.15, 0.2) is 11.5 Å². The number of hydrogen-bond acceptors (Lipinski definition) is 7. The highest BCUT2D eigenvalue weighted by Gasteiger charge is 2.14. The number of aromatic amines is 1. The molecule has 1 atom stereocenters. The van der Waals surface area contributed by atoms with Crippen LogP contribution in [0.4, 0.5) is 20.4 Å². The molecule has 3 aromatic rings. The molecule has 0 aromatic carbocycles. The van der Waals surface area contributed by atoms with Crippen molar-refractivity contribution in [2.75, 3.05) is 19.0 Å². The Balaban J connectivity index is 1.75. The van der Waals surface area contributed by atoms with Gasteiger partial charge in [0, 0.05) is 19.8 Å². The molecule has 3 aromatic heterocycles. The molecule has 0 radical (unpaired) electrons. The Hall–Kier alpha value is -2.82. The molecule has 0 saturated heterocycles. The van der Waals surface area contributed by atoms with Crippen molar-refractivity contribution in [2.45, 2.75) is 32.4 Å². The van der Waals surface area contributed by atoms with Crippen LogP contribution >= 0.6 is 0 Å². The summed E-state index contributed by atoms with van der Waals surface area (Å²) in [6.07, 6.45) is 4.98. The van der Waals surface area contributed by atoms with Crippen LogP contribution in [0.2, 0.25) is 0 Å². The zero-order valence-electron chi connectivity index (χ0n) is 14.3. The van der Waals surface area contributed by atoms with E-state index in [1.807, 2.05) is 11.6 Å². The minimum Gasteiger partial charge on any atom is -0.415 e. The molecule has 0 bridgehead atoms. The van der Waals surface area contributed by atoms with Gasteiger partial charge >= 0.3 is 6.61 Å². The topological polar surface area (TPSA) is 103 Å². The molecule has 2 N–H and O–H groups in total. The van der Waals surface area contributed by atoms with Crippen LogP contribution in [-0.2, 0) is 4.74 Å². The van der Waals surface area contributed by atoms with E-state index in [0.717, 1.165) is 12.8 Å². The molecule has 0 aliphatic heterocycles. The molecule has 26 heavy (non-hydrogen) atoms. The van der Waals surface area contributed by atoms with Crippen LogP contribution in [0.5, 0.6) is 5.88 Å². The number of H-pyrrole nitrogens is 1. The van der Waals surface area contributed by atoms with Gasteiger partial charge in [-0.05, 0) is 19.8 Å². The Morgan fingerprint density at radius 2 is 2.19 bits per heavy atom. The van der Waals surface area contributed by atoms with E-state index in [1.165, 1.54) is 12.3 Å². The van der Waals surface area contributed by atoms with Gasteiger partial charge in [-0.25, -0.2) is 14.6 Å². The maximum absolute atomic E-state index is 12.2. The van der Waals surface area contributed by atoms with Gasteiger partial charge in [-0.3, -0.25) is 5.10 Å². The maximum atomic E-state index is 12.2. The number of rotatable bonds is 9. The van der Waals surface area contributed by atoms with Crippen molar-refractivity contribution in [1.29, 1.82) is 0 Å². The summed E-state index contributed by atoms with van der Waals surface area (Å²) in [6.45, 7) is -0.200. The van der Waals surface area contributed by atoms with Gasteiger partial charge in [0.2, 0.25) is 5.88 Å². The van der Waals surface area contributed by atoms with Crippen molar-refractivity contribution in [3.05, 3.63) is 18.5 Å². The molecule has 3 rings (SSSR count). The van der Waals surface area contributed by atoms with Gasteiger partial charge in [0.1, 0.15) is 11.3 Å². The number of anilines is 2. The van der Waals surface area contributed by atoms with Crippen molar-refractivity contribution in [2.24, 2.45) is 0 Å². The second-order valence-electron chi connectivity index (χ2n) is 5.66. The fraction of sp³-hybridized carbons (Fsp3) is 0.467. The Bertz CT molecular complexity index is 852. The summed E-state index contributed by atoms with van der Waals surface area (Å²) in [7, 11) is 1.67. The summed E-state index contributed by atoms with van der Waals surface area (Å²) in [4.78, 5) is 8.82. The average molecular weight is 367 g/mol. The summed E-state index contributed by atoms with van der Waals surface area (Å²) >= 11 is 0. The van der Waals surface area contributed by atoms with Crippen LogP contribution in [0.1, 0.15) is 25.8 Å². The van der Waals surface area contributed by atoms with Crippen LogP contribution < -0.4 is 10.1 Å². The molecule has 0 spiro atoms. The first-order chi connectivity index (χ1) is 12.6. The van der Waals surface area contributed by atoms with Gasteiger partial charge < -0.3 is 14.8 Å². The van der Waals surface area contributed by atoms with Crippen LogP contribution in [0.15, 0.2) is 18.5 Å². The van der Waals surface area contributed by atoms with E-state index in [2.05, 4.69) is 35.3 Å². The van der Waals surface area contributed by atoms with Crippen molar-refractivity contribution in [3.63, 3.8) is 0 Å². The number of ether oxygens (including phenoxy) is 2. The summed E-state index contributed by atoms with van der Waals surface area (Å²) in [5, 5.41) is 13.5. The Morgan fingerprint density at radius 1 is 1.35 bits per heavy atom. The van der Waals surface area contributed by atoms with E-state index >= 15 is 0 Å². The van der Waals surface area contributed by atoms with Crippen molar-refractivity contribution >= 4 is 22.8 Å². The van der Waals surface area contributed by atoms with Crippen molar-refractivity contribution in [3.8, 4) is 5.88 Å². The van der Waals surface area contributed by atoms with Crippen LogP contribution in [0.25, 0.3) is 11.2 Å². The van der Waals surface area contributed by atoms with Gasteiger partial charge in [-0.1, -0.05) is 0 Å². The third-order valence-corrected chi connectivity index (χ3v) is 3.72. The van der Waals surface area contributed by atoms with E-state index in [0.29, 0.717) is 29.4 Å². The summed E-state index contributed by atoms with van der Waals surface area (Å²) in [5.41, 5.74) is 1.30. The third kappa shape index (κ3) is 4.23. The number of halogens is 2. The first kappa shape index (κ1) is 18.0. The lowest BCUT2D eigenvalue weighted by atomic mass is 10.2. The standard InChI is InChI=1S/C15H19F2N7O2/c1-9(4-3-5-25-2)24-14-10(7-19-24)18-8-12(21-14)20-11-6-13(23-22-11)26-15(16)17/h6-9,15H,3-5H2,1-2H3,(H2,20,21,22,23). The van der Waals surface area contributed by atoms with E-state index in [4.69, 9.17) is 4.74 Å². The normalized spacial score (nSPS) is 12.7. The van der Waals surface area contributed by atoms with E-state index < -0.39 is 6.61 Å². The van der Waals surface area contributed by atoms with E-state index in [9.17, 15) is 8.78 Å². The molecule has 11 heteroatoms. The minimum absolute atomic E-state index is 0.130. The van der Waals surface area contributed by atoms with Gasteiger partial charge in [-0.15, -0.1) is 5.10 Å². The summed E-state index contributed by atoms with van der Waals surface area (Å²) in [5.74, 6) is 0.567. The lowest BCUT2D eigenvalue weighted by molar-refractivity contribution is -0.0528. The van der Waals surface area contributed by atoms with Crippen molar-refractivity contribution < 1.29 is 18.3 Å².